The molecular weight excluding hydrogens is 452 g/mol. The highest BCUT2D eigenvalue weighted by Gasteiger charge is 2.16. The fourth-order valence-corrected chi connectivity index (χ4v) is 4.21. The summed E-state index contributed by atoms with van der Waals surface area (Å²) in [5.41, 5.74) is 4.43. The SMILES string of the molecule is CCCCOc1nc(NCc2ccc(OC)cc2)c2cnn(Cc3ccc(CN4CCC4)cc3)c2n1. The van der Waals surface area contributed by atoms with Gasteiger partial charge in [-0.1, -0.05) is 49.7 Å². The van der Waals surface area contributed by atoms with E-state index in [4.69, 9.17) is 14.5 Å². The monoisotopic (exact) mass is 486 g/mol. The molecule has 1 aliphatic rings. The predicted octanol–water partition coefficient (Wildman–Crippen LogP) is 4.88. The van der Waals surface area contributed by atoms with Crippen LogP contribution in [-0.2, 0) is 19.6 Å². The van der Waals surface area contributed by atoms with Gasteiger partial charge in [0.05, 0.1) is 31.8 Å². The van der Waals surface area contributed by atoms with E-state index >= 15 is 0 Å². The Morgan fingerprint density at radius 1 is 0.917 bits per heavy atom. The van der Waals surface area contributed by atoms with Crippen molar-refractivity contribution >= 4 is 16.9 Å². The molecule has 0 amide bonds. The number of fused-ring (bicyclic) bond motifs is 1. The summed E-state index contributed by atoms with van der Waals surface area (Å²) in [6, 6.07) is 17.2. The molecule has 0 aliphatic carbocycles. The molecule has 0 atom stereocenters. The highest BCUT2D eigenvalue weighted by molar-refractivity contribution is 5.86. The van der Waals surface area contributed by atoms with Crippen LogP contribution in [0.5, 0.6) is 11.8 Å². The second-order valence-electron chi connectivity index (χ2n) is 9.24. The molecule has 2 aromatic heterocycles. The van der Waals surface area contributed by atoms with Crippen molar-refractivity contribution in [2.45, 2.75) is 45.8 Å². The maximum Gasteiger partial charge on any atom is 0.320 e. The first-order chi connectivity index (χ1) is 17.7. The number of aromatic nitrogens is 4. The van der Waals surface area contributed by atoms with Crippen LogP contribution in [-0.4, -0.2) is 51.5 Å². The summed E-state index contributed by atoms with van der Waals surface area (Å²) >= 11 is 0. The molecule has 36 heavy (non-hydrogen) atoms. The van der Waals surface area contributed by atoms with Crippen molar-refractivity contribution in [3.05, 3.63) is 71.4 Å². The Bertz CT molecular complexity index is 1270. The molecule has 1 N–H and O–H groups in total. The van der Waals surface area contributed by atoms with Gasteiger partial charge < -0.3 is 14.8 Å². The first-order valence-corrected chi connectivity index (χ1v) is 12.7. The highest BCUT2D eigenvalue weighted by Crippen LogP contribution is 2.25. The van der Waals surface area contributed by atoms with Gasteiger partial charge in [-0.25, -0.2) is 4.68 Å². The van der Waals surface area contributed by atoms with Crippen LogP contribution in [0.3, 0.4) is 0 Å². The average Bonchev–Trinajstić information content (AvgIpc) is 3.29. The lowest BCUT2D eigenvalue weighted by atomic mass is 10.1. The molecule has 4 aromatic rings. The molecule has 2 aromatic carbocycles. The minimum Gasteiger partial charge on any atom is -0.497 e. The third kappa shape index (κ3) is 5.76. The molecule has 188 valence electrons. The predicted molar refractivity (Wildman–Crippen MR) is 141 cm³/mol. The molecule has 1 saturated heterocycles. The van der Waals surface area contributed by atoms with Gasteiger partial charge in [-0.3, -0.25) is 4.90 Å². The number of nitrogens with one attached hydrogen (secondary N) is 1. The van der Waals surface area contributed by atoms with Crippen LogP contribution in [0.15, 0.2) is 54.7 Å². The van der Waals surface area contributed by atoms with E-state index < -0.39 is 0 Å². The molecule has 1 aliphatic heterocycles. The molecule has 3 heterocycles. The van der Waals surface area contributed by atoms with E-state index in [1.54, 1.807) is 7.11 Å². The van der Waals surface area contributed by atoms with E-state index in [2.05, 4.69) is 51.5 Å². The van der Waals surface area contributed by atoms with Crippen molar-refractivity contribution in [3.63, 3.8) is 0 Å². The van der Waals surface area contributed by atoms with E-state index in [-0.39, 0.29) is 0 Å². The fraction of sp³-hybridized carbons (Fsp3) is 0.393. The van der Waals surface area contributed by atoms with Crippen molar-refractivity contribution in [1.82, 2.24) is 24.6 Å². The normalized spacial score (nSPS) is 13.5. The van der Waals surface area contributed by atoms with Crippen LogP contribution in [0, 0.1) is 0 Å². The van der Waals surface area contributed by atoms with Crippen LogP contribution in [0.1, 0.15) is 42.9 Å². The number of unbranched alkanes of at least 4 members (excludes halogenated alkanes) is 1. The lowest BCUT2D eigenvalue weighted by molar-refractivity contribution is 0.172. The van der Waals surface area contributed by atoms with Crippen LogP contribution in [0.2, 0.25) is 0 Å². The molecule has 8 heteroatoms. The zero-order valence-electron chi connectivity index (χ0n) is 21.1. The van der Waals surface area contributed by atoms with Crippen LogP contribution in [0.4, 0.5) is 5.82 Å². The standard InChI is InChI=1S/C28H34N6O2/c1-3-4-16-36-28-31-26(29-17-21-10-12-24(35-2)13-11-21)25-18-30-34(27(25)32-28)20-23-8-6-22(7-9-23)19-33-14-5-15-33/h6-13,18H,3-5,14-17,19-20H2,1-2H3,(H,29,31,32). The number of nitrogens with zero attached hydrogens (tertiary/aromatic N) is 5. The van der Waals surface area contributed by atoms with Gasteiger partial charge >= 0.3 is 6.01 Å². The van der Waals surface area contributed by atoms with Gasteiger partial charge in [0.2, 0.25) is 0 Å². The Kier molecular flexibility index (Phi) is 7.61. The quantitative estimate of drug-likeness (QED) is 0.286. The Balaban J connectivity index is 1.36. The highest BCUT2D eigenvalue weighted by atomic mass is 16.5. The van der Waals surface area contributed by atoms with Gasteiger partial charge in [0.1, 0.15) is 11.6 Å². The summed E-state index contributed by atoms with van der Waals surface area (Å²) in [4.78, 5) is 11.9. The summed E-state index contributed by atoms with van der Waals surface area (Å²) in [7, 11) is 1.67. The summed E-state index contributed by atoms with van der Waals surface area (Å²) < 4.78 is 13.1. The number of rotatable bonds is 12. The van der Waals surface area contributed by atoms with Gasteiger partial charge in [-0.05, 0) is 54.8 Å². The summed E-state index contributed by atoms with van der Waals surface area (Å²) in [6.07, 6.45) is 5.16. The molecular formula is C28H34N6O2. The zero-order valence-corrected chi connectivity index (χ0v) is 21.1. The number of likely N-dealkylation sites (tertiary alicyclic amines) is 1. The maximum absolute atomic E-state index is 5.90. The summed E-state index contributed by atoms with van der Waals surface area (Å²) in [6.45, 7) is 7.42. The molecule has 5 rings (SSSR count). The zero-order chi connectivity index (χ0) is 24.7. The Morgan fingerprint density at radius 3 is 2.31 bits per heavy atom. The lowest BCUT2D eigenvalue weighted by Gasteiger charge is -2.30. The number of hydrogen-bond acceptors (Lipinski definition) is 7. The molecule has 0 unspecified atom stereocenters. The van der Waals surface area contributed by atoms with Crippen molar-refractivity contribution in [2.75, 3.05) is 32.1 Å². The van der Waals surface area contributed by atoms with Gasteiger partial charge in [0.15, 0.2) is 5.65 Å². The largest absolute Gasteiger partial charge is 0.497 e. The number of ether oxygens (including phenoxy) is 2. The average molecular weight is 487 g/mol. The second-order valence-corrected chi connectivity index (χ2v) is 9.24. The van der Waals surface area contributed by atoms with Gasteiger partial charge in [0, 0.05) is 13.1 Å². The molecule has 0 radical (unpaired) electrons. The molecule has 0 saturated carbocycles. The lowest BCUT2D eigenvalue weighted by Crippen LogP contribution is -2.36. The Labute approximate surface area is 212 Å². The van der Waals surface area contributed by atoms with E-state index in [9.17, 15) is 0 Å². The second kappa shape index (κ2) is 11.4. The van der Waals surface area contributed by atoms with E-state index in [1.165, 1.54) is 30.6 Å². The molecule has 0 spiro atoms. The Hall–Kier alpha value is -3.65. The summed E-state index contributed by atoms with van der Waals surface area (Å²) in [5.74, 6) is 1.56. The number of anilines is 1. The van der Waals surface area contributed by atoms with E-state index in [0.717, 1.165) is 47.6 Å². The fourth-order valence-electron chi connectivity index (χ4n) is 4.21. The minimum atomic E-state index is 0.375. The number of hydrogen-bond donors (Lipinski definition) is 1. The van der Waals surface area contributed by atoms with Crippen molar-refractivity contribution in [1.29, 1.82) is 0 Å². The number of benzene rings is 2. The van der Waals surface area contributed by atoms with Gasteiger partial charge in [-0.2, -0.15) is 15.1 Å². The summed E-state index contributed by atoms with van der Waals surface area (Å²) in [5, 5.41) is 8.99. The molecule has 1 fully saturated rings. The van der Waals surface area contributed by atoms with E-state index in [1.807, 2.05) is 35.1 Å². The van der Waals surface area contributed by atoms with Crippen LogP contribution >= 0.6 is 0 Å². The van der Waals surface area contributed by atoms with Crippen LogP contribution in [0.25, 0.3) is 11.0 Å². The topological polar surface area (TPSA) is 77.3 Å². The van der Waals surface area contributed by atoms with Crippen LogP contribution < -0.4 is 14.8 Å². The van der Waals surface area contributed by atoms with Crippen molar-refractivity contribution < 1.29 is 9.47 Å². The van der Waals surface area contributed by atoms with Crippen molar-refractivity contribution in [2.24, 2.45) is 0 Å². The van der Waals surface area contributed by atoms with Gasteiger partial charge in [0.25, 0.3) is 0 Å². The van der Waals surface area contributed by atoms with Crippen molar-refractivity contribution in [3.8, 4) is 11.8 Å². The smallest absolute Gasteiger partial charge is 0.320 e. The maximum atomic E-state index is 5.90. The van der Waals surface area contributed by atoms with E-state index in [0.29, 0.717) is 25.7 Å². The minimum absolute atomic E-state index is 0.375. The molecule has 0 bridgehead atoms. The third-order valence-electron chi connectivity index (χ3n) is 6.53. The molecule has 8 nitrogen and oxygen atoms in total. The van der Waals surface area contributed by atoms with Gasteiger partial charge in [-0.15, -0.1) is 0 Å². The first kappa shape index (κ1) is 24.1. The Morgan fingerprint density at radius 2 is 1.64 bits per heavy atom. The third-order valence-corrected chi connectivity index (χ3v) is 6.53. The first-order valence-electron chi connectivity index (χ1n) is 12.7. The number of methoxy groups -OCH3 is 1.